The van der Waals surface area contributed by atoms with Gasteiger partial charge in [-0.3, -0.25) is 4.79 Å². The first kappa shape index (κ1) is 14.4. The van der Waals surface area contributed by atoms with Gasteiger partial charge in [-0.1, -0.05) is 41.9 Å². The molecule has 104 valence electrons. The van der Waals surface area contributed by atoms with Crippen molar-refractivity contribution in [3.05, 3.63) is 65.2 Å². The molecule has 2 aromatic rings. The maximum Gasteiger partial charge on any atom is 0.239 e. The van der Waals surface area contributed by atoms with Crippen molar-refractivity contribution in [2.45, 2.75) is 13.0 Å². The molecule has 0 radical (unpaired) electrons. The molecule has 0 aliphatic heterocycles. The number of carbonyl (C=O) groups is 1. The topological polar surface area (TPSA) is 41.1 Å². The van der Waals surface area contributed by atoms with Crippen LogP contribution in [0.15, 0.2) is 54.6 Å². The molecule has 0 saturated heterocycles. The number of hydrogen-bond acceptors (Lipinski definition) is 2. The van der Waals surface area contributed by atoms with Crippen molar-refractivity contribution in [1.82, 2.24) is 5.32 Å². The molecular weight excluding hydrogens is 272 g/mol. The lowest BCUT2D eigenvalue weighted by molar-refractivity contribution is -0.120. The Hall–Kier alpha value is -2.00. The summed E-state index contributed by atoms with van der Waals surface area (Å²) in [6.07, 6.45) is 0. The van der Waals surface area contributed by atoms with E-state index in [-0.39, 0.29) is 18.5 Å². The van der Waals surface area contributed by atoms with Gasteiger partial charge >= 0.3 is 0 Å². The molecule has 0 spiro atoms. The third kappa shape index (κ3) is 4.28. The van der Waals surface area contributed by atoms with Crippen molar-refractivity contribution in [2.24, 2.45) is 0 Å². The summed E-state index contributed by atoms with van der Waals surface area (Å²) in [5.41, 5.74) is 1.92. The Morgan fingerprint density at radius 3 is 2.60 bits per heavy atom. The number of benzene rings is 2. The molecule has 3 nitrogen and oxygen atoms in total. The monoisotopic (exact) mass is 288 g/mol. The maximum atomic E-state index is 11.9. The van der Waals surface area contributed by atoms with Crippen molar-refractivity contribution in [3.8, 4) is 0 Å². The Bertz CT molecular complexity index is 572. The minimum Gasteiger partial charge on any atom is -0.376 e. The second-order valence-corrected chi connectivity index (χ2v) is 5.00. The molecule has 0 saturated carbocycles. The highest BCUT2D eigenvalue weighted by Crippen LogP contribution is 2.17. The summed E-state index contributed by atoms with van der Waals surface area (Å²) >= 11 is 5.94. The van der Waals surface area contributed by atoms with Crippen LogP contribution in [0.4, 0.5) is 5.69 Å². The van der Waals surface area contributed by atoms with E-state index in [2.05, 4.69) is 10.6 Å². The molecule has 4 heteroatoms. The second kappa shape index (κ2) is 6.96. The van der Waals surface area contributed by atoms with Gasteiger partial charge in [0.1, 0.15) is 0 Å². The van der Waals surface area contributed by atoms with Gasteiger partial charge in [0.25, 0.3) is 0 Å². The minimum atomic E-state index is -0.0706. The fourth-order valence-electron chi connectivity index (χ4n) is 1.89. The summed E-state index contributed by atoms with van der Waals surface area (Å²) in [7, 11) is 0. The van der Waals surface area contributed by atoms with Gasteiger partial charge in [-0.05, 0) is 36.8 Å². The van der Waals surface area contributed by atoms with Gasteiger partial charge in [0.15, 0.2) is 0 Å². The molecule has 1 amide bonds. The highest BCUT2D eigenvalue weighted by molar-refractivity contribution is 6.30. The summed E-state index contributed by atoms with van der Waals surface area (Å²) in [4.78, 5) is 11.9. The highest BCUT2D eigenvalue weighted by atomic mass is 35.5. The van der Waals surface area contributed by atoms with E-state index in [1.165, 1.54) is 0 Å². The Kier molecular flexibility index (Phi) is 5.02. The molecule has 0 bridgehead atoms. The molecule has 0 aliphatic rings. The van der Waals surface area contributed by atoms with Crippen molar-refractivity contribution in [2.75, 3.05) is 11.9 Å². The lowest BCUT2D eigenvalue weighted by atomic mass is 10.1. The summed E-state index contributed by atoms with van der Waals surface area (Å²) in [5.74, 6) is -0.0543. The smallest absolute Gasteiger partial charge is 0.239 e. The molecule has 0 fully saturated rings. The van der Waals surface area contributed by atoms with E-state index in [9.17, 15) is 4.79 Å². The number of halogens is 1. The van der Waals surface area contributed by atoms with Gasteiger partial charge in [0.2, 0.25) is 5.91 Å². The number of hydrogen-bond donors (Lipinski definition) is 2. The van der Waals surface area contributed by atoms with Gasteiger partial charge in [0.05, 0.1) is 12.6 Å². The van der Waals surface area contributed by atoms with Crippen LogP contribution in [0.2, 0.25) is 5.02 Å². The zero-order valence-electron chi connectivity index (χ0n) is 11.3. The Balaban J connectivity index is 1.85. The van der Waals surface area contributed by atoms with Crippen LogP contribution in [0.3, 0.4) is 0 Å². The van der Waals surface area contributed by atoms with Gasteiger partial charge in [0, 0.05) is 10.7 Å². The summed E-state index contributed by atoms with van der Waals surface area (Å²) in [6, 6.07) is 17.1. The number of rotatable bonds is 5. The van der Waals surface area contributed by atoms with Gasteiger partial charge in [-0.25, -0.2) is 0 Å². The van der Waals surface area contributed by atoms with Crippen molar-refractivity contribution < 1.29 is 4.79 Å². The van der Waals surface area contributed by atoms with E-state index in [0.717, 1.165) is 11.3 Å². The third-order valence-corrected chi connectivity index (χ3v) is 3.19. The zero-order valence-corrected chi connectivity index (χ0v) is 12.0. The van der Waals surface area contributed by atoms with Crippen molar-refractivity contribution in [3.63, 3.8) is 0 Å². The lowest BCUT2D eigenvalue weighted by Crippen LogP contribution is -2.32. The SMILES string of the molecule is C[C@H](NC(=O)CNc1ccccc1)c1cccc(Cl)c1. The molecule has 0 heterocycles. The van der Waals surface area contributed by atoms with E-state index in [4.69, 9.17) is 11.6 Å². The van der Waals surface area contributed by atoms with Crippen LogP contribution in [0.5, 0.6) is 0 Å². The fourth-order valence-corrected chi connectivity index (χ4v) is 2.09. The largest absolute Gasteiger partial charge is 0.376 e. The molecule has 2 rings (SSSR count). The Labute approximate surface area is 124 Å². The standard InChI is InChI=1S/C16H17ClN2O/c1-12(13-6-5-7-14(17)10-13)19-16(20)11-18-15-8-3-2-4-9-15/h2-10,12,18H,11H2,1H3,(H,19,20)/t12-/m0/s1. The number of carbonyl (C=O) groups excluding carboxylic acids is 1. The zero-order chi connectivity index (χ0) is 14.4. The average Bonchev–Trinajstić information content (AvgIpc) is 2.46. The van der Waals surface area contributed by atoms with Gasteiger partial charge in [-0.2, -0.15) is 0 Å². The van der Waals surface area contributed by atoms with E-state index in [1.807, 2.05) is 61.5 Å². The van der Waals surface area contributed by atoms with Crippen LogP contribution in [0, 0.1) is 0 Å². The predicted octanol–water partition coefficient (Wildman–Crippen LogP) is 3.63. The van der Waals surface area contributed by atoms with E-state index in [0.29, 0.717) is 5.02 Å². The minimum absolute atomic E-state index is 0.0543. The molecule has 20 heavy (non-hydrogen) atoms. The molecule has 2 N–H and O–H groups in total. The number of anilines is 1. The summed E-state index contributed by atoms with van der Waals surface area (Å²) in [5, 5.41) is 6.68. The van der Waals surface area contributed by atoms with E-state index < -0.39 is 0 Å². The molecule has 0 unspecified atom stereocenters. The van der Waals surface area contributed by atoms with Crippen molar-refractivity contribution >= 4 is 23.2 Å². The average molecular weight is 289 g/mol. The molecule has 0 aromatic heterocycles. The van der Waals surface area contributed by atoms with Crippen LogP contribution >= 0.6 is 11.6 Å². The first-order chi connectivity index (χ1) is 9.65. The van der Waals surface area contributed by atoms with Crippen LogP contribution in [0.25, 0.3) is 0 Å². The van der Waals surface area contributed by atoms with Crippen LogP contribution in [-0.4, -0.2) is 12.5 Å². The normalized spacial score (nSPS) is 11.7. The number of nitrogens with one attached hydrogen (secondary N) is 2. The lowest BCUT2D eigenvalue weighted by Gasteiger charge is -2.15. The quantitative estimate of drug-likeness (QED) is 0.882. The van der Waals surface area contributed by atoms with E-state index in [1.54, 1.807) is 0 Å². The number of amides is 1. The summed E-state index contributed by atoms with van der Waals surface area (Å²) in [6.45, 7) is 2.18. The van der Waals surface area contributed by atoms with Crippen LogP contribution < -0.4 is 10.6 Å². The Morgan fingerprint density at radius 2 is 1.90 bits per heavy atom. The second-order valence-electron chi connectivity index (χ2n) is 4.56. The first-order valence-corrected chi connectivity index (χ1v) is 6.86. The van der Waals surface area contributed by atoms with Crippen LogP contribution in [-0.2, 0) is 4.79 Å². The highest BCUT2D eigenvalue weighted by Gasteiger charge is 2.09. The van der Waals surface area contributed by atoms with Crippen molar-refractivity contribution in [1.29, 1.82) is 0 Å². The van der Waals surface area contributed by atoms with Crippen LogP contribution in [0.1, 0.15) is 18.5 Å². The first-order valence-electron chi connectivity index (χ1n) is 6.49. The molecule has 2 aromatic carbocycles. The molecule has 0 aliphatic carbocycles. The number of para-hydroxylation sites is 1. The summed E-state index contributed by atoms with van der Waals surface area (Å²) < 4.78 is 0. The van der Waals surface area contributed by atoms with E-state index >= 15 is 0 Å². The van der Waals surface area contributed by atoms with Gasteiger partial charge < -0.3 is 10.6 Å². The van der Waals surface area contributed by atoms with Gasteiger partial charge in [-0.15, -0.1) is 0 Å². The Morgan fingerprint density at radius 1 is 1.15 bits per heavy atom. The predicted molar refractivity (Wildman–Crippen MR) is 82.9 cm³/mol. The molecule has 1 atom stereocenters. The fraction of sp³-hybridized carbons (Fsp3) is 0.188. The maximum absolute atomic E-state index is 11.9. The third-order valence-electron chi connectivity index (χ3n) is 2.95. The molecular formula is C16H17ClN2O.